The second-order valence-electron chi connectivity index (χ2n) is 4.22. The Labute approximate surface area is 121 Å². The molecule has 0 bridgehead atoms. The number of hydrogen-bond acceptors (Lipinski definition) is 5. The number of hydrogen-bond donors (Lipinski definition) is 1. The lowest BCUT2D eigenvalue weighted by Crippen LogP contribution is -2.11. The molecule has 0 spiro atoms. The fourth-order valence-corrected chi connectivity index (χ4v) is 3.25. The molecule has 8 heteroatoms. The molecule has 0 aliphatic carbocycles. The minimum Gasteiger partial charge on any atom is -0.319 e. The lowest BCUT2D eigenvalue weighted by atomic mass is 10.3. The van der Waals surface area contributed by atoms with Crippen molar-refractivity contribution < 1.29 is 8.42 Å². The molecular weight excluding hydrogens is 296 g/mol. The third-order valence-corrected chi connectivity index (χ3v) is 4.69. The molecule has 0 saturated carbocycles. The molecule has 0 aliphatic heterocycles. The molecule has 2 rings (SSSR count). The van der Waals surface area contributed by atoms with Gasteiger partial charge in [0.2, 0.25) is 10.0 Å². The van der Waals surface area contributed by atoms with Crippen LogP contribution >= 0.6 is 11.8 Å². The molecular formula is C12H14N4O2S2. The van der Waals surface area contributed by atoms with E-state index in [1.54, 1.807) is 13.0 Å². The average molecular weight is 310 g/mol. The molecule has 1 atom stereocenters. The fraction of sp³-hybridized carbons (Fsp3) is 0.333. The average Bonchev–Trinajstić information content (AvgIpc) is 2.73. The van der Waals surface area contributed by atoms with Crippen LogP contribution in [0.4, 0.5) is 0 Å². The van der Waals surface area contributed by atoms with E-state index < -0.39 is 10.0 Å². The summed E-state index contributed by atoms with van der Waals surface area (Å²) in [7, 11) is -3.74. The van der Waals surface area contributed by atoms with E-state index in [1.807, 2.05) is 11.5 Å². The molecule has 20 heavy (non-hydrogen) atoms. The zero-order chi connectivity index (χ0) is 14.9. The molecule has 1 heterocycles. The Morgan fingerprint density at radius 3 is 2.80 bits per heavy atom. The normalized spacial score (nSPS) is 13.3. The van der Waals surface area contributed by atoms with Crippen LogP contribution in [0, 0.1) is 11.3 Å². The van der Waals surface area contributed by atoms with Gasteiger partial charge >= 0.3 is 0 Å². The van der Waals surface area contributed by atoms with Crippen LogP contribution in [0.1, 0.15) is 13.8 Å². The van der Waals surface area contributed by atoms with Gasteiger partial charge in [-0.25, -0.2) is 18.5 Å². The van der Waals surface area contributed by atoms with Crippen LogP contribution in [0.3, 0.4) is 0 Å². The maximum Gasteiger partial charge on any atom is 0.238 e. The molecule has 0 saturated heterocycles. The Morgan fingerprint density at radius 2 is 2.25 bits per heavy atom. The predicted octanol–water partition coefficient (Wildman–Crippen LogP) is 1.71. The number of aromatic nitrogens is 2. The molecule has 6 nitrogen and oxygen atoms in total. The Morgan fingerprint density at radius 1 is 1.55 bits per heavy atom. The third-order valence-electron chi connectivity index (χ3n) is 2.79. The first-order valence-electron chi connectivity index (χ1n) is 5.96. The van der Waals surface area contributed by atoms with E-state index >= 15 is 0 Å². The van der Waals surface area contributed by atoms with E-state index in [2.05, 4.69) is 11.1 Å². The van der Waals surface area contributed by atoms with Crippen LogP contribution in [0.25, 0.3) is 11.0 Å². The number of benzene rings is 1. The summed E-state index contributed by atoms with van der Waals surface area (Å²) in [6.45, 7) is 4.45. The fourth-order valence-electron chi connectivity index (χ4n) is 1.84. The first-order chi connectivity index (χ1) is 9.36. The quantitative estimate of drug-likeness (QED) is 0.866. The summed E-state index contributed by atoms with van der Waals surface area (Å²) in [6.07, 6.45) is 0. The molecule has 0 radical (unpaired) electrons. The minimum atomic E-state index is -3.74. The van der Waals surface area contributed by atoms with Crippen molar-refractivity contribution >= 4 is 32.8 Å². The summed E-state index contributed by atoms with van der Waals surface area (Å²) in [4.78, 5) is 4.44. The number of aryl methyl sites for hydroxylation is 1. The van der Waals surface area contributed by atoms with Gasteiger partial charge in [-0.3, -0.25) is 0 Å². The maximum absolute atomic E-state index is 11.4. The summed E-state index contributed by atoms with van der Waals surface area (Å²) in [5, 5.41) is 14.5. The summed E-state index contributed by atoms with van der Waals surface area (Å²) in [6, 6.07) is 6.75. The van der Waals surface area contributed by atoms with Gasteiger partial charge in [-0.15, -0.1) is 0 Å². The van der Waals surface area contributed by atoms with E-state index in [9.17, 15) is 8.42 Å². The van der Waals surface area contributed by atoms with E-state index in [4.69, 9.17) is 10.4 Å². The van der Waals surface area contributed by atoms with Gasteiger partial charge < -0.3 is 4.57 Å². The van der Waals surface area contributed by atoms with Gasteiger partial charge in [0, 0.05) is 6.54 Å². The Bertz CT molecular complexity index is 790. The van der Waals surface area contributed by atoms with Crippen molar-refractivity contribution in [3.8, 4) is 6.07 Å². The summed E-state index contributed by atoms with van der Waals surface area (Å²) in [5.74, 6) is 0. The minimum absolute atomic E-state index is 0.0376. The van der Waals surface area contributed by atoms with Crippen LogP contribution in [0.5, 0.6) is 0 Å². The lowest BCUT2D eigenvalue weighted by molar-refractivity contribution is 0.598. The van der Waals surface area contributed by atoms with Crippen molar-refractivity contribution in [1.29, 1.82) is 5.26 Å². The van der Waals surface area contributed by atoms with Crippen molar-refractivity contribution in [3.63, 3.8) is 0 Å². The second-order valence-corrected chi connectivity index (χ2v) is 7.09. The van der Waals surface area contributed by atoms with Crippen molar-refractivity contribution in [3.05, 3.63) is 18.2 Å². The molecule has 0 aliphatic rings. The molecule has 1 aromatic heterocycles. The standard InChI is InChI=1S/C12H14N4O2S2/c1-3-16-11-5-4-9(20(14,17)18)6-10(11)15-12(16)19-8(2)7-13/h4-6,8H,3H2,1-2H3,(H2,14,17,18)/t8-/m0/s1. The number of sulfonamides is 1. The maximum atomic E-state index is 11.4. The van der Waals surface area contributed by atoms with Gasteiger partial charge in [-0.05, 0) is 32.0 Å². The third kappa shape index (κ3) is 2.80. The lowest BCUT2D eigenvalue weighted by Gasteiger charge is -2.06. The monoisotopic (exact) mass is 310 g/mol. The zero-order valence-electron chi connectivity index (χ0n) is 11.1. The van der Waals surface area contributed by atoms with Crippen molar-refractivity contribution in [2.24, 2.45) is 5.14 Å². The highest BCUT2D eigenvalue weighted by Crippen LogP contribution is 2.28. The van der Waals surface area contributed by atoms with E-state index in [-0.39, 0.29) is 10.1 Å². The summed E-state index contributed by atoms with van der Waals surface area (Å²) in [5.41, 5.74) is 1.39. The smallest absolute Gasteiger partial charge is 0.238 e. The van der Waals surface area contributed by atoms with Crippen molar-refractivity contribution in [1.82, 2.24) is 9.55 Å². The van der Waals surface area contributed by atoms with Crippen molar-refractivity contribution in [2.45, 2.75) is 35.7 Å². The highest BCUT2D eigenvalue weighted by atomic mass is 32.2. The number of nitriles is 1. The number of thioether (sulfide) groups is 1. The van der Waals surface area contributed by atoms with Gasteiger partial charge in [0.15, 0.2) is 5.16 Å². The Kier molecular flexibility index (Phi) is 4.04. The van der Waals surface area contributed by atoms with Crippen LogP contribution in [-0.2, 0) is 16.6 Å². The van der Waals surface area contributed by atoms with Gasteiger partial charge in [-0.1, -0.05) is 11.8 Å². The number of primary sulfonamides is 1. The predicted molar refractivity (Wildman–Crippen MR) is 77.7 cm³/mol. The highest BCUT2D eigenvalue weighted by molar-refractivity contribution is 8.00. The van der Waals surface area contributed by atoms with Crippen LogP contribution in [0.15, 0.2) is 28.3 Å². The van der Waals surface area contributed by atoms with Gasteiger partial charge in [-0.2, -0.15) is 5.26 Å². The second kappa shape index (κ2) is 5.44. The number of nitrogens with zero attached hydrogens (tertiary/aromatic N) is 3. The molecule has 0 unspecified atom stereocenters. The molecule has 2 aromatic rings. The number of nitrogens with two attached hydrogens (primary N) is 1. The number of rotatable bonds is 4. The molecule has 0 amide bonds. The Balaban J connectivity index is 2.59. The zero-order valence-corrected chi connectivity index (χ0v) is 12.7. The Hall–Kier alpha value is -1.56. The topological polar surface area (TPSA) is 102 Å². The van der Waals surface area contributed by atoms with E-state index in [1.165, 1.54) is 23.9 Å². The molecule has 0 fully saturated rings. The largest absolute Gasteiger partial charge is 0.319 e. The highest BCUT2D eigenvalue weighted by Gasteiger charge is 2.16. The molecule has 2 N–H and O–H groups in total. The number of imidazole rings is 1. The van der Waals surface area contributed by atoms with Crippen LogP contribution in [-0.4, -0.2) is 23.2 Å². The van der Waals surface area contributed by atoms with Gasteiger partial charge in [0.05, 0.1) is 27.2 Å². The molecule has 1 aromatic carbocycles. The summed E-state index contributed by atoms with van der Waals surface area (Å²) >= 11 is 1.34. The van der Waals surface area contributed by atoms with Crippen LogP contribution < -0.4 is 5.14 Å². The summed E-state index contributed by atoms with van der Waals surface area (Å²) < 4.78 is 24.7. The molecule has 106 valence electrons. The van der Waals surface area contributed by atoms with Crippen LogP contribution in [0.2, 0.25) is 0 Å². The van der Waals surface area contributed by atoms with E-state index in [0.29, 0.717) is 17.2 Å². The van der Waals surface area contributed by atoms with Gasteiger partial charge in [0.25, 0.3) is 0 Å². The first-order valence-corrected chi connectivity index (χ1v) is 8.38. The number of fused-ring (bicyclic) bond motifs is 1. The van der Waals surface area contributed by atoms with E-state index in [0.717, 1.165) is 5.52 Å². The van der Waals surface area contributed by atoms with Crippen molar-refractivity contribution in [2.75, 3.05) is 0 Å². The first kappa shape index (κ1) is 14.8. The SMILES string of the molecule is CCn1c(S[C@@H](C)C#N)nc2cc(S(N)(=O)=O)ccc21. The van der Waals surface area contributed by atoms with Gasteiger partial charge in [0.1, 0.15) is 0 Å².